The molecule has 136 valence electrons. The van der Waals surface area contributed by atoms with E-state index in [1.807, 2.05) is 27.7 Å². The predicted octanol–water partition coefficient (Wildman–Crippen LogP) is 4.38. The zero-order valence-electron chi connectivity index (χ0n) is 16.5. The fourth-order valence-corrected chi connectivity index (χ4v) is 3.84. The Morgan fingerprint density at radius 1 is 1.13 bits per heavy atom. The highest BCUT2D eigenvalue weighted by Gasteiger charge is 2.48. The topological polar surface area (TPSA) is 48.0 Å². The Morgan fingerprint density at radius 2 is 1.65 bits per heavy atom. The maximum atomic E-state index is 12.5. The minimum absolute atomic E-state index is 0.0320. The lowest BCUT2D eigenvalue weighted by Crippen LogP contribution is -2.50. The molecule has 0 N–H and O–H groups in total. The lowest BCUT2D eigenvalue weighted by Gasteiger charge is -2.40. The largest absolute Gasteiger partial charge is 0.444 e. The minimum atomic E-state index is -1.93. The van der Waals surface area contributed by atoms with Crippen molar-refractivity contribution >= 4 is 14.4 Å². The SMILES string of the molecule is COC1[C@H](O[Si](C)(C)C(C)(C)C)C[C@@H](C)N1C(=O)OC(C)(C)C. The van der Waals surface area contributed by atoms with Crippen molar-refractivity contribution in [3.05, 3.63) is 0 Å². The van der Waals surface area contributed by atoms with Crippen molar-refractivity contribution in [2.75, 3.05) is 7.11 Å². The molecule has 1 saturated heterocycles. The molecule has 1 fully saturated rings. The Labute approximate surface area is 142 Å². The monoisotopic (exact) mass is 345 g/mol. The third-order valence-corrected chi connectivity index (χ3v) is 9.24. The van der Waals surface area contributed by atoms with Crippen molar-refractivity contribution in [1.82, 2.24) is 4.90 Å². The molecule has 23 heavy (non-hydrogen) atoms. The van der Waals surface area contributed by atoms with E-state index >= 15 is 0 Å². The van der Waals surface area contributed by atoms with Gasteiger partial charge in [0.25, 0.3) is 0 Å². The molecule has 0 aromatic carbocycles. The number of ether oxygens (including phenoxy) is 2. The van der Waals surface area contributed by atoms with E-state index in [-0.39, 0.29) is 23.3 Å². The number of carbonyl (C=O) groups is 1. The van der Waals surface area contributed by atoms with Crippen LogP contribution in [0.2, 0.25) is 18.1 Å². The van der Waals surface area contributed by atoms with Gasteiger partial charge in [-0.2, -0.15) is 0 Å². The average Bonchev–Trinajstić information content (AvgIpc) is 2.60. The number of carbonyl (C=O) groups excluding carboxylic acids is 1. The number of hydrogen-bond acceptors (Lipinski definition) is 4. The maximum Gasteiger partial charge on any atom is 0.412 e. The molecule has 1 aliphatic rings. The van der Waals surface area contributed by atoms with E-state index in [4.69, 9.17) is 13.9 Å². The highest BCUT2D eigenvalue weighted by Crippen LogP contribution is 2.40. The smallest absolute Gasteiger partial charge is 0.412 e. The molecule has 1 unspecified atom stereocenters. The Balaban J connectivity index is 2.93. The highest BCUT2D eigenvalue weighted by atomic mass is 28.4. The van der Waals surface area contributed by atoms with Gasteiger partial charge in [0, 0.05) is 13.2 Å². The summed E-state index contributed by atoms with van der Waals surface area (Å²) in [5.74, 6) is 0. The molecular formula is C17H35NO4Si. The molecule has 1 aliphatic heterocycles. The summed E-state index contributed by atoms with van der Waals surface area (Å²) in [6, 6.07) is 0.0320. The number of rotatable bonds is 3. The second kappa shape index (κ2) is 6.73. The number of likely N-dealkylation sites (tertiary alicyclic amines) is 1. The van der Waals surface area contributed by atoms with Crippen LogP contribution in [0.25, 0.3) is 0 Å². The van der Waals surface area contributed by atoms with E-state index in [9.17, 15) is 4.79 Å². The zero-order chi connectivity index (χ0) is 18.2. The fraction of sp³-hybridized carbons (Fsp3) is 0.941. The van der Waals surface area contributed by atoms with Crippen LogP contribution in [-0.4, -0.2) is 50.4 Å². The standard InChI is InChI=1S/C17H35NO4Si/c1-12-11-13(22-23(9,10)17(5,6)7)14(20-8)18(12)15(19)21-16(2,3)4/h12-14H,11H2,1-10H3/t12-,13-,14?/m1/s1. The van der Waals surface area contributed by atoms with E-state index in [0.29, 0.717) is 0 Å². The summed E-state index contributed by atoms with van der Waals surface area (Å²) >= 11 is 0. The zero-order valence-corrected chi connectivity index (χ0v) is 17.5. The minimum Gasteiger partial charge on any atom is -0.444 e. The van der Waals surface area contributed by atoms with Gasteiger partial charge in [-0.1, -0.05) is 20.8 Å². The van der Waals surface area contributed by atoms with Crippen LogP contribution in [0, 0.1) is 0 Å². The first-order valence-corrected chi connectivity index (χ1v) is 11.3. The Morgan fingerprint density at radius 3 is 2.04 bits per heavy atom. The number of amides is 1. The quantitative estimate of drug-likeness (QED) is 0.712. The molecule has 1 amide bonds. The van der Waals surface area contributed by atoms with E-state index in [1.165, 1.54) is 0 Å². The lowest BCUT2D eigenvalue weighted by atomic mass is 10.2. The maximum absolute atomic E-state index is 12.5. The first-order valence-electron chi connectivity index (χ1n) is 8.41. The van der Waals surface area contributed by atoms with Crippen LogP contribution in [-0.2, 0) is 13.9 Å². The lowest BCUT2D eigenvalue weighted by molar-refractivity contribution is -0.0720. The molecule has 1 rings (SSSR count). The molecule has 0 bridgehead atoms. The van der Waals surface area contributed by atoms with Crippen LogP contribution in [0.5, 0.6) is 0 Å². The van der Waals surface area contributed by atoms with Crippen molar-refractivity contribution in [2.45, 2.75) is 97.0 Å². The molecule has 0 aromatic rings. The van der Waals surface area contributed by atoms with Crippen molar-refractivity contribution in [2.24, 2.45) is 0 Å². The Bertz CT molecular complexity index is 425. The summed E-state index contributed by atoms with van der Waals surface area (Å²) in [6.45, 7) is 18.7. The third-order valence-electron chi connectivity index (χ3n) is 4.74. The van der Waals surface area contributed by atoms with Gasteiger partial charge in [0.2, 0.25) is 0 Å². The fourth-order valence-electron chi connectivity index (χ4n) is 2.52. The summed E-state index contributed by atoms with van der Waals surface area (Å²) in [5.41, 5.74) is -0.520. The van der Waals surface area contributed by atoms with E-state index in [0.717, 1.165) is 6.42 Å². The van der Waals surface area contributed by atoms with Gasteiger partial charge >= 0.3 is 6.09 Å². The van der Waals surface area contributed by atoms with Gasteiger partial charge in [0.05, 0.1) is 6.10 Å². The molecule has 0 radical (unpaired) electrons. The molecule has 0 saturated carbocycles. The van der Waals surface area contributed by atoms with Crippen molar-refractivity contribution in [3.8, 4) is 0 Å². The number of nitrogens with zero attached hydrogens (tertiary/aromatic N) is 1. The molecule has 3 atom stereocenters. The molecule has 5 nitrogen and oxygen atoms in total. The summed E-state index contributed by atoms with van der Waals surface area (Å²) < 4.78 is 17.7. The molecule has 1 heterocycles. The second-order valence-corrected chi connectivity index (χ2v) is 13.8. The van der Waals surface area contributed by atoms with Crippen LogP contribution in [0.15, 0.2) is 0 Å². The van der Waals surface area contributed by atoms with Crippen molar-refractivity contribution < 1.29 is 18.7 Å². The molecule has 0 aliphatic carbocycles. The van der Waals surface area contributed by atoms with Gasteiger partial charge in [0.1, 0.15) is 5.60 Å². The normalized spacial score (nSPS) is 26.5. The molecular weight excluding hydrogens is 310 g/mol. The Kier molecular flexibility index (Phi) is 5.98. The van der Waals surface area contributed by atoms with Crippen LogP contribution in [0.3, 0.4) is 0 Å². The first-order chi connectivity index (χ1) is 10.2. The summed E-state index contributed by atoms with van der Waals surface area (Å²) in [7, 11) is -0.301. The average molecular weight is 346 g/mol. The summed E-state index contributed by atoms with van der Waals surface area (Å²) in [4.78, 5) is 14.2. The number of hydrogen-bond donors (Lipinski definition) is 0. The van der Waals surface area contributed by atoms with Gasteiger partial charge in [0.15, 0.2) is 14.5 Å². The van der Waals surface area contributed by atoms with Crippen LogP contribution in [0.4, 0.5) is 4.79 Å². The van der Waals surface area contributed by atoms with Gasteiger partial charge in [-0.15, -0.1) is 0 Å². The Hall–Kier alpha value is -0.593. The molecule has 0 aromatic heterocycles. The highest BCUT2D eigenvalue weighted by molar-refractivity contribution is 6.74. The van der Waals surface area contributed by atoms with Gasteiger partial charge in [-0.05, 0) is 52.2 Å². The van der Waals surface area contributed by atoms with Crippen LogP contribution in [0.1, 0.15) is 54.9 Å². The predicted molar refractivity (Wildman–Crippen MR) is 95.0 cm³/mol. The van der Waals surface area contributed by atoms with E-state index in [2.05, 4.69) is 33.9 Å². The van der Waals surface area contributed by atoms with Crippen LogP contribution >= 0.6 is 0 Å². The second-order valence-electron chi connectivity index (χ2n) is 9.02. The number of methoxy groups -OCH3 is 1. The summed E-state index contributed by atoms with van der Waals surface area (Å²) in [6.07, 6.45) is -0.0693. The van der Waals surface area contributed by atoms with Gasteiger partial charge in [-0.25, -0.2) is 4.79 Å². The van der Waals surface area contributed by atoms with E-state index < -0.39 is 20.1 Å². The third kappa shape index (κ3) is 4.94. The van der Waals surface area contributed by atoms with E-state index in [1.54, 1.807) is 12.0 Å². The van der Waals surface area contributed by atoms with Crippen molar-refractivity contribution in [3.63, 3.8) is 0 Å². The van der Waals surface area contributed by atoms with Crippen molar-refractivity contribution in [1.29, 1.82) is 0 Å². The van der Waals surface area contributed by atoms with Gasteiger partial charge < -0.3 is 13.9 Å². The first kappa shape index (κ1) is 20.5. The molecule has 0 spiro atoms. The summed E-state index contributed by atoms with van der Waals surface area (Å²) in [5, 5.41) is 0.119. The molecule has 6 heteroatoms. The van der Waals surface area contributed by atoms with Crippen LogP contribution < -0.4 is 0 Å². The van der Waals surface area contributed by atoms with Gasteiger partial charge in [-0.3, -0.25) is 4.90 Å².